The Bertz CT molecular complexity index is 899. The molecule has 1 aliphatic rings. The number of fused-ring (bicyclic) bond motifs is 1. The molecular formula is C23H22INO2. The predicted octanol–water partition coefficient (Wildman–Crippen LogP) is 4.97. The van der Waals surface area contributed by atoms with Gasteiger partial charge in [0.2, 0.25) is 0 Å². The first-order valence-electron chi connectivity index (χ1n) is 9.14. The summed E-state index contributed by atoms with van der Waals surface area (Å²) in [5.41, 5.74) is 4.84. The van der Waals surface area contributed by atoms with Crippen LogP contribution in [0.1, 0.15) is 22.6 Å². The molecule has 0 aliphatic carbocycles. The topological polar surface area (TPSA) is 32.7 Å². The molecule has 1 unspecified atom stereocenters. The molecule has 0 saturated heterocycles. The third kappa shape index (κ3) is 4.12. The smallest absolute Gasteiger partial charge is 0.122 e. The third-order valence-electron chi connectivity index (χ3n) is 4.96. The summed E-state index contributed by atoms with van der Waals surface area (Å²) < 4.78 is 7.23. The van der Waals surface area contributed by atoms with E-state index in [0.29, 0.717) is 6.61 Å². The third-order valence-corrected chi connectivity index (χ3v) is 5.85. The minimum Gasteiger partial charge on any atom is -0.489 e. The maximum Gasteiger partial charge on any atom is 0.122 e. The van der Waals surface area contributed by atoms with Crippen molar-refractivity contribution in [2.24, 2.45) is 0 Å². The highest BCUT2D eigenvalue weighted by molar-refractivity contribution is 14.1. The van der Waals surface area contributed by atoms with Gasteiger partial charge in [0.1, 0.15) is 12.4 Å². The van der Waals surface area contributed by atoms with Crippen LogP contribution in [-0.4, -0.2) is 18.3 Å². The SMILES string of the molecule is OCC1CN(Cc2ccccc2)c2cc(OCc3ccccc3)cc(I)c21. The molecule has 3 aromatic carbocycles. The zero-order chi connectivity index (χ0) is 18.6. The van der Waals surface area contributed by atoms with E-state index in [1.807, 2.05) is 24.3 Å². The molecule has 0 aromatic heterocycles. The van der Waals surface area contributed by atoms with Crippen LogP contribution in [0, 0.1) is 3.57 Å². The normalized spacial score (nSPS) is 15.6. The van der Waals surface area contributed by atoms with E-state index in [9.17, 15) is 5.11 Å². The van der Waals surface area contributed by atoms with Gasteiger partial charge in [0.05, 0.1) is 6.61 Å². The number of nitrogens with zero attached hydrogens (tertiary/aromatic N) is 1. The molecule has 0 spiro atoms. The van der Waals surface area contributed by atoms with Crippen molar-refractivity contribution in [3.63, 3.8) is 0 Å². The van der Waals surface area contributed by atoms with Gasteiger partial charge in [0, 0.05) is 34.3 Å². The summed E-state index contributed by atoms with van der Waals surface area (Å²) >= 11 is 2.37. The van der Waals surface area contributed by atoms with Crippen LogP contribution in [0.15, 0.2) is 72.8 Å². The summed E-state index contributed by atoms with van der Waals surface area (Å²) in [6.45, 7) is 2.39. The van der Waals surface area contributed by atoms with Crippen molar-refractivity contribution in [2.45, 2.75) is 19.1 Å². The van der Waals surface area contributed by atoms with Crippen molar-refractivity contribution < 1.29 is 9.84 Å². The maximum absolute atomic E-state index is 9.88. The number of aliphatic hydroxyl groups is 1. The molecule has 1 aliphatic heterocycles. The molecular weight excluding hydrogens is 449 g/mol. The fourth-order valence-electron chi connectivity index (χ4n) is 3.63. The quantitative estimate of drug-likeness (QED) is 0.516. The van der Waals surface area contributed by atoms with Gasteiger partial charge in [-0.1, -0.05) is 60.7 Å². The molecule has 27 heavy (non-hydrogen) atoms. The molecule has 1 heterocycles. The van der Waals surface area contributed by atoms with Gasteiger partial charge in [-0.25, -0.2) is 0 Å². The van der Waals surface area contributed by atoms with Crippen LogP contribution < -0.4 is 9.64 Å². The Hall–Kier alpha value is -2.05. The number of benzene rings is 3. The summed E-state index contributed by atoms with van der Waals surface area (Å²) in [5, 5.41) is 9.88. The molecule has 0 radical (unpaired) electrons. The fourth-order valence-corrected chi connectivity index (χ4v) is 4.65. The molecule has 3 aromatic rings. The number of hydrogen-bond acceptors (Lipinski definition) is 3. The Morgan fingerprint density at radius 2 is 1.63 bits per heavy atom. The maximum atomic E-state index is 9.88. The van der Waals surface area contributed by atoms with Crippen LogP contribution in [0.3, 0.4) is 0 Å². The lowest BCUT2D eigenvalue weighted by molar-refractivity contribution is 0.270. The first-order chi connectivity index (χ1) is 13.2. The number of ether oxygens (including phenoxy) is 1. The van der Waals surface area contributed by atoms with E-state index < -0.39 is 0 Å². The van der Waals surface area contributed by atoms with Crippen LogP contribution >= 0.6 is 22.6 Å². The van der Waals surface area contributed by atoms with E-state index in [4.69, 9.17) is 4.74 Å². The molecule has 1 N–H and O–H groups in total. The summed E-state index contributed by atoms with van der Waals surface area (Å²) in [4.78, 5) is 2.35. The van der Waals surface area contributed by atoms with Crippen molar-refractivity contribution in [1.29, 1.82) is 0 Å². The number of rotatable bonds is 6. The minimum atomic E-state index is 0.152. The van der Waals surface area contributed by atoms with Gasteiger partial charge in [-0.2, -0.15) is 0 Å². The average molecular weight is 471 g/mol. The van der Waals surface area contributed by atoms with Gasteiger partial charge in [-0.05, 0) is 45.3 Å². The van der Waals surface area contributed by atoms with Crippen molar-refractivity contribution in [2.75, 3.05) is 18.1 Å². The lowest BCUT2D eigenvalue weighted by atomic mass is 10.0. The number of halogens is 1. The fraction of sp³-hybridized carbons (Fsp3) is 0.217. The van der Waals surface area contributed by atoms with Crippen LogP contribution in [0.2, 0.25) is 0 Å². The highest BCUT2D eigenvalue weighted by Crippen LogP contribution is 2.42. The largest absolute Gasteiger partial charge is 0.489 e. The standard InChI is InChI=1S/C23H22INO2/c24-21-11-20(27-16-18-9-5-2-6-10-18)12-22-23(21)19(15-26)14-25(22)13-17-7-3-1-4-8-17/h1-12,19,26H,13-16H2. The minimum absolute atomic E-state index is 0.152. The number of aliphatic hydroxyl groups excluding tert-OH is 1. The van der Waals surface area contributed by atoms with Crippen molar-refractivity contribution in [3.05, 3.63) is 93.1 Å². The first-order valence-corrected chi connectivity index (χ1v) is 10.2. The Balaban J connectivity index is 1.60. The van der Waals surface area contributed by atoms with Crippen molar-refractivity contribution >= 4 is 28.3 Å². The molecule has 0 bridgehead atoms. The Morgan fingerprint density at radius 1 is 0.963 bits per heavy atom. The first kappa shape index (κ1) is 18.3. The number of anilines is 1. The highest BCUT2D eigenvalue weighted by atomic mass is 127. The van der Waals surface area contributed by atoms with Gasteiger partial charge in [0.25, 0.3) is 0 Å². The lowest BCUT2D eigenvalue weighted by Crippen LogP contribution is -2.22. The van der Waals surface area contributed by atoms with Crippen LogP contribution in [0.25, 0.3) is 0 Å². The van der Waals surface area contributed by atoms with Gasteiger partial charge in [-0.15, -0.1) is 0 Å². The van der Waals surface area contributed by atoms with Crippen LogP contribution in [0.5, 0.6) is 5.75 Å². The molecule has 1 atom stereocenters. The van der Waals surface area contributed by atoms with Crippen LogP contribution in [-0.2, 0) is 13.2 Å². The van der Waals surface area contributed by atoms with Crippen LogP contribution in [0.4, 0.5) is 5.69 Å². The van der Waals surface area contributed by atoms with E-state index in [1.54, 1.807) is 0 Å². The highest BCUT2D eigenvalue weighted by Gasteiger charge is 2.31. The van der Waals surface area contributed by atoms with E-state index >= 15 is 0 Å². The van der Waals surface area contributed by atoms with Gasteiger partial charge < -0.3 is 14.7 Å². The summed E-state index contributed by atoms with van der Waals surface area (Å²) in [5.74, 6) is 1.03. The van der Waals surface area contributed by atoms with Crippen molar-refractivity contribution in [3.8, 4) is 5.75 Å². The Morgan fingerprint density at radius 3 is 2.30 bits per heavy atom. The monoisotopic (exact) mass is 471 g/mol. The lowest BCUT2D eigenvalue weighted by Gasteiger charge is -2.21. The molecule has 4 rings (SSSR count). The molecule has 0 amide bonds. The summed E-state index contributed by atoms with van der Waals surface area (Å²) in [6.07, 6.45) is 0. The molecule has 138 valence electrons. The second kappa shape index (κ2) is 8.31. The molecule has 3 nitrogen and oxygen atoms in total. The summed E-state index contributed by atoms with van der Waals surface area (Å²) in [6, 6.07) is 24.9. The van der Waals surface area contributed by atoms with E-state index in [1.165, 1.54) is 16.8 Å². The Kier molecular flexibility index (Phi) is 5.64. The average Bonchev–Trinajstić information content (AvgIpc) is 3.06. The second-order valence-corrected chi connectivity index (χ2v) is 8.02. The van der Waals surface area contributed by atoms with Crippen molar-refractivity contribution in [1.82, 2.24) is 0 Å². The number of hydrogen-bond donors (Lipinski definition) is 1. The van der Waals surface area contributed by atoms with E-state index in [-0.39, 0.29) is 12.5 Å². The zero-order valence-corrected chi connectivity index (χ0v) is 17.2. The second-order valence-electron chi connectivity index (χ2n) is 6.86. The molecule has 4 heteroatoms. The zero-order valence-electron chi connectivity index (χ0n) is 15.0. The van der Waals surface area contributed by atoms with Gasteiger partial charge in [-0.3, -0.25) is 0 Å². The molecule has 0 fully saturated rings. The van der Waals surface area contributed by atoms with E-state index in [0.717, 1.165) is 28.0 Å². The predicted molar refractivity (Wildman–Crippen MR) is 117 cm³/mol. The van der Waals surface area contributed by atoms with Gasteiger partial charge >= 0.3 is 0 Å². The van der Waals surface area contributed by atoms with E-state index in [2.05, 4.69) is 76.0 Å². The van der Waals surface area contributed by atoms with Gasteiger partial charge in [0.15, 0.2) is 0 Å². The Labute approximate surface area is 173 Å². The summed E-state index contributed by atoms with van der Waals surface area (Å²) in [7, 11) is 0. The molecule has 0 saturated carbocycles.